The molecule has 0 spiro atoms. The molecule has 1 saturated heterocycles. The van der Waals surface area contributed by atoms with Crippen LogP contribution in [0.3, 0.4) is 0 Å². The molecule has 10 nitrogen and oxygen atoms in total. The van der Waals surface area contributed by atoms with Crippen LogP contribution in [0.1, 0.15) is 5.56 Å². The van der Waals surface area contributed by atoms with E-state index in [9.17, 15) is 4.79 Å². The predicted octanol–water partition coefficient (Wildman–Crippen LogP) is 4.35. The second-order valence-corrected chi connectivity index (χ2v) is 9.07. The Kier molecular flexibility index (Phi) is 6.04. The molecule has 5 aromatic rings. The van der Waals surface area contributed by atoms with E-state index < -0.39 is 0 Å². The number of amides is 1. The molecule has 0 unspecified atom stereocenters. The van der Waals surface area contributed by atoms with Gasteiger partial charge in [0, 0.05) is 55.2 Å². The second-order valence-electron chi connectivity index (χ2n) is 9.07. The molecule has 1 fully saturated rings. The van der Waals surface area contributed by atoms with Crippen LogP contribution in [-0.2, 0) is 4.79 Å². The number of fused-ring (bicyclic) bond motifs is 2. The third-order valence-electron chi connectivity index (χ3n) is 6.67. The molecular formula is C28H26N8O2. The van der Waals surface area contributed by atoms with Gasteiger partial charge < -0.3 is 19.9 Å². The van der Waals surface area contributed by atoms with Crippen LogP contribution in [0.2, 0.25) is 0 Å². The molecule has 0 saturated carbocycles. The summed E-state index contributed by atoms with van der Waals surface area (Å²) in [6.07, 6.45) is 6.27. The number of benzene rings is 2. The number of aryl methyl sites for hydroxylation is 1. The van der Waals surface area contributed by atoms with Gasteiger partial charge in [-0.05, 0) is 61.0 Å². The van der Waals surface area contributed by atoms with Crippen molar-refractivity contribution in [2.45, 2.75) is 6.92 Å². The van der Waals surface area contributed by atoms with Gasteiger partial charge in [0.15, 0.2) is 5.65 Å². The Morgan fingerprint density at radius 1 is 1.00 bits per heavy atom. The Balaban J connectivity index is 1.21. The highest BCUT2D eigenvalue weighted by atomic mass is 16.5. The number of ether oxygens (including phenoxy) is 1. The SMILES string of the molecule is C=CC(=O)N1CCN(c2ccc3ncnc(Nc4ccc(Oc5ccn6ncnc6c5)c(C)c4)c3c2)CC1. The third kappa shape index (κ3) is 4.59. The summed E-state index contributed by atoms with van der Waals surface area (Å²) in [6, 6.07) is 15.8. The number of aromatic nitrogens is 5. The van der Waals surface area contributed by atoms with Crippen molar-refractivity contribution < 1.29 is 9.53 Å². The lowest BCUT2D eigenvalue weighted by Gasteiger charge is -2.35. The van der Waals surface area contributed by atoms with E-state index in [1.165, 1.54) is 12.4 Å². The van der Waals surface area contributed by atoms with E-state index in [0.717, 1.165) is 58.1 Å². The number of nitrogens with one attached hydrogen (secondary N) is 1. The first-order valence-electron chi connectivity index (χ1n) is 12.3. The maximum Gasteiger partial charge on any atom is 0.246 e. The lowest BCUT2D eigenvalue weighted by atomic mass is 10.1. The summed E-state index contributed by atoms with van der Waals surface area (Å²) in [5.74, 6) is 2.15. The molecule has 0 atom stereocenters. The van der Waals surface area contributed by atoms with Crippen LogP contribution in [0.4, 0.5) is 17.2 Å². The summed E-state index contributed by atoms with van der Waals surface area (Å²) in [7, 11) is 0. The molecule has 2 aromatic carbocycles. The first-order chi connectivity index (χ1) is 18.6. The van der Waals surface area contributed by atoms with Gasteiger partial charge in [0.2, 0.25) is 5.91 Å². The van der Waals surface area contributed by atoms with Crippen molar-refractivity contribution >= 4 is 39.6 Å². The minimum absolute atomic E-state index is 0.0221. The number of carbonyl (C=O) groups is 1. The third-order valence-corrected chi connectivity index (χ3v) is 6.67. The van der Waals surface area contributed by atoms with E-state index in [1.54, 1.807) is 10.8 Å². The van der Waals surface area contributed by atoms with Gasteiger partial charge in [0.1, 0.15) is 30.0 Å². The van der Waals surface area contributed by atoms with Crippen LogP contribution in [0.15, 0.2) is 80.0 Å². The molecule has 0 radical (unpaired) electrons. The molecule has 1 N–H and O–H groups in total. The largest absolute Gasteiger partial charge is 0.457 e. The zero-order valence-corrected chi connectivity index (χ0v) is 20.9. The number of anilines is 3. The molecule has 0 bridgehead atoms. The van der Waals surface area contributed by atoms with Gasteiger partial charge in [0.05, 0.1) is 5.52 Å². The predicted molar refractivity (Wildman–Crippen MR) is 146 cm³/mol. The number of nitrogens with zero attached hydrogens (tertiary/aromatic N) is 7. The van der Waals surface area contributed by atoms with Crippen LogP contribution in [0.25, 0.3) is 16.6 Å². The fourth-order valence-electron chi connectivity index (χ4n) is 4.62. The van der Waals surface area contributed by atoms with Gasteiger partial charge in [-0.3, -0.25) is 4.79 Å². The molecular weight excluding hydrogens is 480 g/mol. The van der Waals surface area contributed by atoms with Crippen LogP contribution in [0, 0.1) is 6.92 Å². The normalized spacial score (nSPS) is 13.6. The van der Waals surface area contributed by atoms with Gasteiger partial charge in [-0.2, -0.15) is 5.10 Å². The molecule has 1 amide bonds. The number of carbonyl (C=O) groups excluding carboxylic acids is 1. The van der Waals surface area contributed by atoms with Crippen molar-refractivity contribution in [3.8, 4) is 11.5 Å². The van der Waals surface area contributed by atoms with E-state index >= 15 is 0 Å². The van der Waals surface area contributed by atoms with Crippen molar-refractivity contribution in [1.29, 1.82) is 0 Å². The lowest BCUT2D eigenvalue weighted by Crippen LogP contribution is -2.48. The summed E-state index contributed by atoms with van der Waals surface area (Å²) < 4.78 is 7.79. The highest BCUT2D eigenvalue weighted by Crippen LogP contribution is 2.31. The van der Waals surface area contributed by atoms with Crippen molar-refractivity contribution in [2.24, 2.45) is 0 Å². The highest BCUT2D eigenvalue weighted by molar-refractivity contribution is 5.93. The Morgan fingerprint density at radius 2 is 1.87 bits per heavy atom. The lowest BCUT2D eigenvalue weighted by molar-refractivity contribution is -0.126. The summed E-state index contributed by atoms with van der Waals surface area (Å²) in [5.41, 5.74) is 4.52. The molecule has 10 heteroatoms. The number of rotatable bonds is 6. The molecule has 4 heterocycles. The van der Waals surface area contributed by atoms with Gasteiger partial charge in [0.25, 0.3) is 0 Å². The van der Waals surface area contributed by atoms with E-state index in [4.69, 9.17) is 4.74 Å². The number of hydrogen-bond acceptors (Lipinski definition) is 8. The fraction of sp³-hybridized carbons (Fsp3) is 0.179. The monoisotopic (exact) mass is 506 g/mol. The van der Waals surface area contributed by atoms with Gasteiger partial charge in [-0.1, -0.05) is 6.58 Å². The first kappa shape index (κ1) is 23.4. The Morgan fingerprint density at radius 3 is 2.68 bits per heavy atom. The summed E-state index contributed by atoms with van der Waals surface area (Å²) in [4.78, 5) is 29.2. The zero-order chi connectivity index (χ0) is 26.1. The fourth-order valence-corrected chi connectivity index (χ4v) is 4.62. The maximum atomic E-state index is 11.9. The van der Waals surface area contributed by atoms with Crippen LogP contribution >= 0.6 is 0 Å². The Bertz CT molecular complexity index is 1660. The van der Waals surface area contributed by atoms with Crippen LogP contribution < -0.4 is 15.0 Å². The van der Waals surface area contributed by atoms with Crippen molar-refractivity contribution in [2.75, 3.05) is 36.4 Å². The maximum absolute atomic E-state index is 11.9. The first-order valence-corrected chi connectivity index (χ1v) is 12.3. The van der Waals surface area contributed by atoms with Crippen LogP contribution in [0.5, 0.6) is 11.5 Å². The molecule has 3 aromatic heterocycles. The molecule has 38 heavy (non-hydrogen) atoms. The zero-order valence-electron chi connectivity index (χ0n) is 20.9. The van der Waals surface area contributed by atoms with Crippen molar-refractivity contribution in [3.05, 3.63) is 85.6 Å². The standard InChI is InChI=1S/C28H26N8O2/c1-3-27(37)35-12-10-34(11-13-35)21-5-6-24-23(15-21)28(31-17-29-24)33-20-4-7-25(19(2)14-20)38-22-8-9-36-26(16-22)30-18-32-36/h3-9,14-18H,1,10-13H2,2H3,(H,29,31,33). The van der Waals surface area contributed by atoms with E-state index in [-0.39, 0.29) is 5.91 Å². The van der Waals surface area contributed by atoms with E-state index in [1.807, 2.05) is 54.4 Å². The minimum atomic E-state index is -0.0221. The topological polar surface area (TPSA) is 101 Å². The number of piperazine rings is 1. The van der Waals surface area contributed by atoms with E-state index in [2.05, 4.69) is 49.0 Å². The van der Waals surface area contributed by atoms with Gasteiger partial charge >= 0.3 is 0 Å². The summed E-state index contributed by atoms with van der Waals surface area (Å²) in [5, 5.41) is 8.49. The molecule has 190 valence electrons. The minimum Gasteiger partial charge on any atom is -0.457 e. The summed E-state index contributed by atoms with van der Waals surface area (Å²) in [6.45, 7) is 8.44. The Hall–Kier alpha value is -4.99. The second kappa shape index (κ2) is 9.81. The summed E-state index contributed by atoms with van der Waals surface area (Å²) >= 11 is 0. The number of pyridine rings is 1. The van der Waals surface area contributed by atoms with Crippen molar-refractivity contribution in [3.63, 3.8) is 0 Å². The molecule has 1 aliphatic rings. The van der Waals surface area contributed by atoms with Gasteiger partial charge in [-0.15, -0.1) is 0 Å². The van der Waals surface area contributed by atoms with Crippen LogP contribution in [-0.4, -0.2) is 61.6 Å². The van der Waals surface area contributed by atoms with Crippen molar-refractivity contribution in [1.82, 2.24) is 29.5 Å². The Labute approximate surface area is 219 Å². The number of hydrogen-bond donors (Lipinski definition) is 1. The molecule has 1 aliphatic heterocycles. The van der Waals surface area contributed by atoms with E-state index in [0.29, 0.717) is 18.8 Å². The average Bonchev–Trinajstić information content (AvgIpc) is 3.42. The smallest absolute Gasteiger partial charge is 0.246 e. The van der Waals surface area contributed by atoms with Gasteiger partial charge in [-0.25, -0.2) is 19.5 Å². The molecule has 0 aliphatic carbocycles. The average molecular weight is 507 g/mol. The highest BCUT2D eigenvalue weighted by Gasteiger charge is 2.20. The quantitative estimate of drug-likeness (QED) is 0.339. The molecule has 6 rings (SSSR count).